The van der Waals surface area contributed by atoms with E-state index in [9.17, 15) is 18.4 Å². The van der Waals surface area contributed by atoms with E-state index in [0.29, 0.717) is 24.4 Å². The van der Waals surface area contributed by atoms with Crippen molar-refractivity contribution in [3.05, 3.63) is 81.8 Å². The number of nitrogens with one attached hydrogen (secondary N) is 3. The molecule has 12 heteroatoms. The Morgan fingerprint density at radius 2 is 1.78 bits per heavy atom. The Morgan fingerprint density at radius 3 is 2.43 bits per heavy atom. The lowest BCUT2D eigenvalue weighted by atomic mass is 10.0. The van der Waals surface area contributed by atoms with E-state index in [1.165, 1.54) is 7.11 Å². The maximum Gasteiger partial charge on any atom is 0.407 e. The summed E-state index contributed by atoms with van der Waals surface area (Å²) in [6, 6.07) is 15.1. The van der Waals surface area contributed by atoms with E-state index >= 15 is 0 Å². The maximum absolute atomic E-state index is 13.4. The van der Waals surface area contributed by atoms with Crippen molar-refractivity contribution in [1.29, 1.82) is 0 Å². The number of methoxy groups -OCH3 is 1. The molecule has 2 aromatic carbocycles. The molecule has 1 fully saturated rings. The van der Waals surface area contributed by atoms with Crippen LogP contribution < -0.4 is 16.1 Å². The summed E-state index contributed by atoms with van der Waals surface area (Å²) in [6.07, 6.45) is 2.28. The minimum atomic E-state index is -2.69. The Hall–Kier alpha value is -3.32. The van der Waals surface area contributed by atoms with E-state index in [1.54, 1.807) is 35.6 Å². The molecular weight excluding hydrogens is 516 g/mol. The number of amides is 2. The maximum atomic E-state index is 13.4. The van der Waals surface area contributed by atoms with Crippen molar-refractivity contribution in [2.45, 2.75) is 43.7 Å². The van der Waals surface area contributed by atoms with Gasteiger partial charge in [0.25, 0.3) is 0 Å². The number of rotatable bonds is 12. The number of aromatic nitrogens is 1. The Labute approximate surface area is 221 Å². The Bertz CT molecular complexity index is 1220. The zero-order valence-corrected chi connectivity index (χ0v) is 21.7. The summed E-state index contributed by atoms with van der Waals surface area (Å²) < 4.78 is 30.3. The van der Waals surface area contributed by atoms with Gasteiger partial charge in [0.2, 0.25) is 5.91 Å². The molecule has 2 amide bonds. The number of hydrogen-bond donors (Lipinski definition) is 3. The van der Waals surface area contributed by atoms with Crippen molar-refractivity contribution in [1.82, 2.24) is 15.6 Å². The fraction of sp³-hybridized carbons (Fsp3) is 0.320. The average molecular weight is 544 g/mol. The molecule has 4 rings (SSSR count). The van der Waals surface area contributed by atoms with Gasteiger partial charge in [0.05, 0.1) is 29.5 Å². The number of carbonyl (C=O) groups is 2. The molecule has 3 N–H and O–H groups in total. The third kappa shape index (κ3) is 8.09. The van der Waals surface area contributed by atoms with Gasteiger partial charge in [0.1, 0.15) is 17.4 Å². The number of benzene rings is 2. The summed E-state index contributed by atoms with van der Waals surface area (Å²) in [6.45, 7) is 0. The van der Waals surface area contributed by atoms with Crippen molar-refractivity contribution >= 4 is 40.4 Å². The van der Waals surface area contributed by atoms with Crippen molar-refractivity contribution in [2.24, 2.45) is 0 Å². The molecule has 0 radical (unpaired) electrons. The zero-order valence-electron chi connectivity index (χ0n) is 20.0. The first kappa shape index (κ1) is 26.7. The van der Waals surface area contributed by atoms with E-state index in [1.807, 2.05) is 35.7 Å². The molecule has 196 valence electrons. The Morgan fingerprint density at radius 1 is 1.08 bits per heavy atom. The third-order valence-corrected chi connectivity index (χ3v) is 7.08. The molecule has 1 aromatic heterocycles. The molecule has 1 saturated carbocycles. The van der Waals surface area contributed by atoms with Gasteiger partial charge < -0.3 is 19.9 Å². The highest BCUT2D eigenvalue weighted by atomic mass is 32.2. The Balaban J connectivity index is 1.52. The van der Waals surface area contributed by atoms with Crippen LogP contribution in [0, 0.1) is 0 Å². The van der Waals surface area contributed by atoms with Crippen LogP contribution in [0.15, 0.2) is 60.0 Å². The molecule has 0 saturated heterocycles. The highest BCUT2D eigenvalue weighted by molar-refractivity contribution is 7.74. The number of alkyl carbamates (subject to hydrolysis) is 1. The molecular formula is C25H27N4O6S2-. The quantitative estimate of drug-likeness (QED) is 0.233. The number of anilines is 1. The highest BCUT2D eigenvalue weighted by Gasteiger charge is 2.30. The smallest absolute Gasteiger partial charge is 0.407 e. The summed E-state index contributed by atoms with van der Waals surface area (Å²) in [7, 11) is 1.25. The van der Waals surface area contributed by atoms with Gasteiger partial charge in [-0.1, -0.05) is 42.5 Å². The predicted octanol–water partition coefficient (Wildman–Crippen LogP) is 3.53. The van der Waals surface area contributed by atoms with Gasteiger partial charge in [0, 0.05) is 17.7 Å². The molecule has 1 aliphatic rings. The van der Waals surface area contributed by atoms with Gasteiger partial charge in [0.15, 0.2) is 0 Å². The van der Waals surface area contributed by atoms with Gasteiger partial charge in [-0.05, 0) is 42.5 Å². The molecule has 37 heavy (non-hydrogen) atoms. The SMILES string of the molecule is COC(=O)N[C@@H](Cc1ccccc1)C(=O)N[C@@H](Cc1ccc(NOS(=O)[O-])cc1)c1csc(C2CC2)n1. The second kappa shape index (κ2) is 12.8. The van der Waals surface area contributed by atoms with Gasteiger partial charge in [-0.2, -0.15) is 4.28 Å². The standard InChI is InChI=1S/C25H28N4O6S2/c1-34-25(31)28-21(14-16-5-3-2-4-6-16)23(30)26-20(22-15-36-24(27-22)18-9-10-18)13-17-7-11-19(12-8-17)29-35-37(32)33/h2-8,11-12,15,18,20-21,29H,9-10,13-14H2,1H3,(H,26,30)(H,28,31)(H,32,33)/p-1/t20-,21-/m0/s1. The molecule has 1 aliphatic carbocycles. The van der Waals surface area contributed by atoms with Crippen LogP contribution >= 0.6 is 11.3 Å². The first-order chi connectivity index (χ1) is 17.9. The summed E-state index contributed by atoms with van der Waals surface area (Å²) >= 11 is -1.10. The summed E-state index contributed by atoms with van der Waals surface area (Å²) in [4.78, 5) is 30.2. The second-order valence-corrected chi connectivity index (χ2v) is 10.1. The van der Waals surface area contributed by atoms with Crippen LogP contribution in [0.1, 0.15) is 46.6 Å². The van der Waals surface area contributed by atoms with Crippen LogP contribution in [0.2, 0.25) is 0 Å². The van der Waals surface area contributed by atoms with E-state index < -0.39 is 29.5 Å². The fourth-order valence-electron chi connectivity index (χ4n) is 3.77. The fourth-order valence-corrected chi connectivity index (χ4v) is 4.98. The average Bonchev–Trinajstić information content (AvgIpc) is 3.64. The first-order valence-corrected chi connectivity index (χ1v) is 13.5. The number of thiazole rings is 1. The van der Waals surface area contributed by atoms with Crippen molar-refractivity contribution in [3.63, 3.8) is 0 Å². The number of ether oxygens (including phenoxy) is 1. The number of carbonyl (C=O) groups excluding carboxylic acids is 2. The third-order valence-electron chi connectivity index (χ3n) is 5.84. The minimum absolute atomic E-state index is 0.292. The minimum Gasteiger partial charge on any atom is -0.748 e. The van der Waals surface area contributed by atoms with Gasteiger partial charge in [-0.25, -0.2) is 14.0 Å². The van der Waals surface area contributed by atoms with E-state index in [-0.39, 0.29) is 5.91 Å². The molecule has 0 aliphatic heterocycles. The van der Waals surface area contributed by atoms with Gasteiger partial charge in [-0.3, -0.25) is 10.3 Å². The zero-order chi connectivity index (χ0) is 26.2. The molecule has 1 heterocycles. The van der Waals surface area contributed by atoms with Crippen LogP contribution in [0.5, 0.6) is 0 Å². The van der Waals surface area contributed by atoms with Crippen LogP contribution in [-0.4, -0.2) is 38.9 Å². The van der Waals surface area contributed by atoms with Gasteiger partial charge in [-0.15, -0.1) is 11.3 Å². The van der Waals surface area contributed by atoms with E-state index in [0.717, 1.165) is 34.7 Å². The molecule has 3 aromatic rings. The lowest BCUT2D eigenvalue weighted by molar-refractivity contribution is -0.123. The van der Waals surface area contributed by atoms with Crippen molar-refractivity contribution in [3.8, 4) is 0 Å². The van der Waals surface area contributed by atoms with Crippen LogP contribution in [-0.2, 0) is 38.0 Å². The molecule has 0 bridgehead atoms. The second-order valence-electron chi connectivity index (χ2n) is 8.61. The predicted molar refractivity (Wildman–Crippen MR) is 138 cm³/mol. The van der Waals surface area contributed by atoms with Crippen molar-refractivity contribution in [2.75, 3.05) is 12.6 Å². The summed E-state index contributed by atoms with van der Waals surface area (Å²) in [5, 5.41) is 8.73. The van der Waals surface area contributed by atoms with Crippen LogP contribution in [0.3, 0.4) is 0 Å². The normalized spacial score (nSPS) is 15.3. The van der Waals surface area contributed by atoms with Crippen LogP contribution in [0.25, 0.3) is 0 Å². The molecule has 10 nitrogen and oxygen atoms in total. The van der Waals surface area contributed by atoms with Crippen LogP contribution in [0.4, 0.5) is 10.5 Å². The molecule has 1 unspecified atom stereocenters. The molecule has 0 spiro atoms. The number of hydrogen-bond acceptors (Lipinski definition) is 9. The van der Waals surface area contributed by atoms with Crippen molar-refractivity contribution < 1.29 is 27.4 Å². The monoisotopic (exact) mass is 543 g/mol. The lowest BCUT2D eigenvalue weighted by Crippen LogP contribution is -2.49. The summed E-state index contributed by atoms with van der Waals surface area (Å²) in [5.74, 6) is 0.128. The topological polar surface area (TPSA) is 142 Å². The number of nitrogens with zero attached hydrogens (tertiary/aromatic N) is 1. The summed E-state index contributed by atoms with van der Waals surface area (Å²) in [5.41, 5.74) is 5.33. The lowest BCUT2D eigenvalue weighted by Gasteiger charge is -2.23. The Kier molecular flexibility index (Phi) is 9.23. The van der Waals surface area contributed by atoms with E-state index in [4.69, 9.17) is 9.72 Å². The van der Waals surface area contributed by atoms with E-state index in [2.05, 4.69) is 20.4 Å². The van der Waals surface area contributed by atoms with Gasteiger partial charge >= 0.3 is 6.09 Å². The highest BCUT2D eigenvalue weighted by Crippen LogP contribution is 2.42. The molecule has 3 atom stereocenters. The largest absolute Gasteiger partial charge is 0.748 e. The first-order valence-electron chi connectivity index (χ1n) is 11.7.